The maximum atomic E-state index is 12.4. The quantitative estimate of drug-likeness (QED) is 0.711. The maximum Gasteiger partial charge on any atom is 0.214 e. The number of hydrogen-bond donors (Lipinski definition) is 1. The third-order valence-electron chi connectivity index (χ3n) is 3.60. The van der Waals surface area contributed by atoms with Gasteiger partial charge in [-0.2, -0.15) is 0 Å². The van der Waals surface area contributed by atoms with Crippen molar-refractivity contribution in [2.45, 2.75) is 26.2 Å². The summed E-state index contributed by atoms with van der Waals surface area (Å²) in [6.07, 6.45) is 3.01. The second kappa shape index (κ2) is 8.19. The number of rotatable bonds is 8. The van der Waals surface area contributed by atoms with Crippen LogP contribution in [0.5, 0.6) is 0 Å². The molecular weight excluding hydrogens is 262 g/mol. The van der Waals surface area contributed by atoms with E-state index in [1.807, 2.05) is 21.0 Å². The highest BCUT2D eigenvalue weighted by Crippen LogP contribution is 2.15. The van der Waals surface area contributed by atoms with Crippen molar-refractivity contribution >= 4 is 10.0 Å². The summed E-state index contributed by atoms with van der Waals surface area (Å²) in [6, 6.07) is 0. The standard InChI is InChI=1S/C13H29N3O2S/c1-4-16(10-6-9-15(2)3)19(17,18)12-13-7-5-8-14-11-13/h13-14H,4-12H2,1-3H3. The van der Waals surface area contributed by atoms with Crippen LogP contribution in [0.25, 0.3) is 0 Å². The molecule has 0 spiro atoms. The first kappa shape index (κ1) is 16.9. The molecule has 0 bridgehead atoms. The minimum Gasteiger partial charge on any atom is -0.316 e. The molecule has 0 aliphatic carbocycles. The van der Waals surface area contributed by atoms with Crippen LogP contribution in [0.1, 0.15) is 26.2 Å². The van der Waals surface area contributed by atoms with Gasteiger partial charge in [0.25, 0.3) is 0 Å². The number of hydrogen-bond acceptors (Lipinski definition) is 4. The first-order valence-corrected chi connectivity index (χ1v) is 8.90. The Balaban J connectivity index is 2.46. The normalized spacial score (nSPS) is 21.2. The first-order chi connectivity index (χ1) is 8.95. The molecule has 1 aliphatic rings. The first-order valence-electron chi connectivity index (χ1n) is 7.29. The third kappa shape index (κ3) is 6.21. The lowest BCUT2D eigenvalue weighted by Crippen LogP contribution is -2.40. The molecule has 5 nitrogen and oxygen atoms in total. The highest BCUT2D eigenvalue weighted by Gasteiger charge is 2.25. The number of nitrogens with one attached hydrogen (secondary N) is 1. The predicted molar refractivity (Wildman–Crippen MR) is 79.8 cm³/mol. The van der Waals surface area contributed by atoms with Crippen LogP contribution in [0.15, 0.2) is 0 Å². The monoisotopic (exact) mass is 291 g/mol. The molecule has 114 valence electrons. The lowest BCUT2D eigenvalue weighted by atomic mass is 10.0. The van der Waals surface area contributed by atoms with Crippen molar-refractivity contribution < 1.29 is 8.42 Å². The Morgan fingerprint density at radius 2 is 2.00 bits per heavy atom. The van der Waals surface area contributed by atoms with Gasteiger partial charge in [0.2, 0.25) is 10.0 Å². The van der Waals surface area contributed by atoms with Crippen molar-refractivity contribution in [3.8, 4) is 0 Å². The van der Waals surface area contributed by atoms with Crippen molar-refractivity contribution in [2.75, 3.05) is 52.6 Å². The van der Waals surface area contributed by atoms with E-state index in [1.54, 1.807) is 4.31 Å². The van der Waals surface area contributed by atoms with Crippen LogP contribution >= 0.6 is 0 Å². The minimum absolute atomic E-state index is 0.279. The number of piperidine rings is 1. The molecule has 1 rings (SSSR count). The molecule has 0 aromatic carbocycles. The van der Waals surface area contributed by atoms with Gasteiger partial charge in [0.15, 0.2) is 0 Å². The van der Waals surface area contributed by atoms with Gasteiger partial charge in [0.05, 0.1) is 5.75 Å². The van der Waals surface area contributed by atoms with Crippen LogP contribution in [0.3, 0.4) is 0 Å². The van der Waals surface area contributed by atoms with Crippen molar-refractivity contribution in [1.82, 2.24) is 14.5 Å². The lowest BCUT2D eigenvalue weighted by Gasteiger charge is -2.27. The van der Waals surface area contributed by atoms with Crippen LogP contribution in [-0.4, -0.2) is 70.2 Å². The average molecular weight is 291 g/mol. The molecule has 0 aromatic heterocycles. The van der Waals surface area contributed by atoms with Crippen molar-refractivity contribution in [3.05, 3.63) is 0 Å². The van der Waals surface area contributed by atoms with E-state index in [0.717, 1.165) is 38.9 Å². The van der Waals surface area contributed by atoms with Gasteiger partial charge in [0, 0.05) is 13.1 Å². The van der Waals surface area contributed by atoms with Gasteiger partial charge in [0.1, 0.15) is 0 Å². The Bertz CT molecular complexity index is 338. The second-order valence-corrected chi connectivity index (χ2v) is 7.65. The Morgan fingerprint density at radius 3 is 2.53 bits per heavy atom. The number of sulfonamides is 1. The molecule has 1 saturated heterocycles. The summed E-state index contributed by atoms with van der Waals surface area (Å²) in [5.74, 6) is 0.581. The molecule has 6 heteroatoms. The summed E-state index contributed by atoms with van der Waals surface area (Å²) in [5, 5.41) is 3.28. The molecule has 1 fully saturated rings. The largest absolute Gasteiger partial charge is 0.316 e. The highest BCUT2D eigenvalue weighted by atomic mass is 32.2. The topological polar surface area (TPSA) is 52.7 Å². The fourth-order valence-electron chi connectivity index (χ4n) is 2.53. The Morgan fingerprint density at radius 1 is 1.26 bits per heavy atom. The molecule has 1 N–H and O–H groups in total. The molecule has 0 radical (unpaired) electrons. The van der Waals surface area contributed by atoms with E-state index in [-0.39, 0.29) is 5.92 Å². The van der Waals surface area contributed by atoms with Gasteiger partial charge < -0.3 is 10.2 Å². The summed E-state index contributed by atoms with van der Waals surface area (Å²) in [4.78, 5) is 2.09. The Hall–Kier alpha value is -0.170. The fraction of sp³-hybridized carbons (Fsp3) is 1.00. The van der Waals surface area contributed by atoms with Crippen LogP contribution in [0.4, 0.5) is 0 Å². The SMILES string of the molecule is CCN(CCCN(C)C)S(=O)(=O)CC1CCCNC1. The summed E-state index contributed by atoms with van der Waals surface area (Å²) >= 11 is 0. The van der Waals surface area contributed by atoms with E-state index < -0.39 is 10.0 Å². The smallest absolute Gasteiger partial charge is 0.214 e. The molecule has 19 heavy (non-hydrogen) atoms. The van der Waals surface area contributed by atoms with E-state index in [0.29, 0.717) is 18.8 Å². The molecule has 0 saturated carbocycles. The van der Waals surface area contributed by atoms with Gasteiger partial charge in [-0.05, 0) is 58.9 Å². The zero-order valence-corrected chi connectivity index (χ0v) is 13.4. The van der Waals surface area contributed by atoms with Gasteiger partial charge in [-0.15, -0.1) is 0 Å². The third-order valence-corrected chi connectivity index (χ3v) is 5.72. The molecule has 1 heterocycles. The molecule has 0 amide bonds. The van der Waals surface area contributed by atoms with Gasteiger partial charge in [-0.25, -0.2) is 12.7 Å². The second-order valence-electron chi connectivity index (χ2n) is 5.64. The average Bonchev–Trinajstić information content (AvgIpc) is 2.34. The summed E-state index contributed by atoms with van der Waals surface area (Å²) in [7, 11) is 0.930. The van der Waals surface area contributed by atoms with Gasteiger partial charge in [-0.3, -0.25) is 0 Å². The van der Waals surface area contributed by atoms with Crippen LogP contribution in [-0.2, 0) is 10.0 Å². The maximum absolute atomic E-state index is 12.4. The summed E-state index contributed by atoms with van der Waals surface area (Å²) in [6.45, 7) is 5.93. The van der Waals surface area contributed by atoms with Crippen LogP contribution in [0.2, 0.25) is 0 Å². The van der Waals surface area contributed by atoms with E-state index in [2.05, 4.69) is 10.2 Å². The van der Waals surface area contributed by atoms with Crippen molar-refractivity contribution in [3.63, 3.8) is 0 Å². The fourth-order valence-corrected chi connectivity index (χ4v) is 4.42. The molecule has 0 aromatic rings. The molecule has 1 atom stereocenters. The van der Waals surface area contributed by atoms with E-state index in [1.165, 1.54) is 0 Å². The molecular formula is C13H29N3O2S. The zero-order valence-electron chi connectivity index (χ0n) is 12.6. The predicted octanol–water partition coefficient (Wildman–Crippen LogP) is 0.589. The van der Waals surface area contributed by atoms with Gasteiger partial charge >= 0.3 is 0 Å². The van der Waals surface area contributed by atoms with Crippen LogP contribution < -0.4 is 5.32 Å². The molecule has 1 unspecified atom stereocenters. The van der Waals surface area contributed by atoms with Crippen LogP contribution in [0, 0.1) is 5.92 Å². The molecule has 1 aliphatic heterocycles. The number of nitrogens with zero attached hydrogens (tertiary/aromatic N) is 2. The van der Waals surface area contributed by atoms with Gasteiger partial charge in [-0.1, -0.05) is 6.92 Å². The highest BCUT2D eigenvalue weighted by molar-refractivity contribution is 7.89. The minimum atomic E-state index is -3.10. The Kier molecular flexibility index (Phi) is 7.28. The van der Waals surface area contributed by atoms with Crippen molar-refractivity contribution in [2.24, 2.45) is 5.92 Å². The van der Waals surface area contributed by atoms with E-state index >= 15 is 0 Å². The Labute approximate surface area is 118 Å². The van der Waals surface area contributed by atoms with E-state index in [4.69, 9.17) is 0 Å². The van der Waals surface area contributed by atoms with E-state index in [9.17, 15) is 8.42 Å². The van der Waals surface area contributed by atoms with Crippen molar-refractivity contribution in [1.29, 1.82) is 0 Å². The zero-order chi connectivity index (χ0) is 14.3. The lowest BCUT2D eigenvalue weighted by molar-refractivity contribution is 0.349. The summed E-state index contributed by atoms with van der Waals surface area (Å²) in [5.41, 5.74) is 0. The summed E-state index contributed by atoms with van der Waals surface area (Å²) < 4.78 is 26.4.